The van der Waals surface area contributed by atoms with Gasteiger partial charge in [-0.25, -0.2) is 4.79 Å². The van der Waals surface area contributed by atoms with Crippen LogP contribution in [0.3, 0.4) is 0 Å². The minimum atomic E-state index is -0.776. The minimum Gasteiger partial charge on any atom is -0.452 e. The molecule has 1 amide bonds. The molecule has 0 unspecified atom stereocenters. The lowest BCUT2D eigenvalue weighted by atomic mass is 10.1. The van der Waals surface area contributed by atoms with E-state index in [0.717, 1.165) is 49.9 Å². The quantitative estimate of drug-likeness (QED) is 0.418. The summed E-state index contributed by atoms with van der Waals surface area (Å²) in [7, 11) is 0. The molecule has 164 valence electrons. The number of nitro benzene ring substituents is 1. The van der Waals surface area contributed by atoms with Crippen LogP contribution in [0.5, 0.6) is 0 Å². The number of rotatable bonds is 6. The third-order valence-electron chi connectivity index (χ3n) is 5.36. The molecular formula is C23H27N3O5. The molecule has 2 aromatic carbocycles. The molecule has 0 saturated carbocycles. The Hall–Kier alpha value is -3.42. The SMILES string of the molecule is Cc1ccc(C)c(NC(=O)COC(=O)c2ccc(N3CCCCCC3)c([N+](=O)[O-])c2)c1. The van der Waals surface area contributed by atoms with E-state index in [-0.39, 0.29) is 11.3 Å². The van der Waals surface area contributed by atoms with E-state index >= 15 is 0 Å². The fraction of sp³-hybridized carbons (Fsp3) is 0.391. The molecule has 0 aromatic heterocycles. The number of carbonyl (C=O) groups is 2. The molecule has 1 aliphatic heterocycles. The molecule has 0 spiro atoms. The lowest BCUT2D eigenvalue weighted by molar-refractivity contribution is -0.384. The number of nitro groups is 1. The van der Waals surface area contributed by atoms with Gasteiger partial charge in [0.25, 0.3) is 11.6 Å². The van der Waals surface area contributed by atoms with Crippen molar-refractivity contribution in [2.24, 2.45) is 0 Å². The molecule has 1 heterocycles. The maximum Gasteiger partial charge on any atom is 0.338 e. The summed E-state index contributed by atoms with van der Waals surface area (Å²) in [5.41, 5.74) is 2.97. The van der Waals surface area contributed by atoms with Crippen molar-refractivity contribution in [3.8, 4) is 0 Å². The maximum atomic E-state index is 12.4. The van der Waals surface area contributed by atoms with Gasteiger partial charge in [0.2, 0.25) is 0 Å². The molecule has 0 radical (unpaired) electrons. The molecule has 0 aliphatic carbocycles. The van der Waals surface area contributed by atoms with Gasteiger partial charge in [0.15, 0.2) is 6.61 Å². The Kier molecular flexibility index (Phi) is 7.23. The van der Waals surface area contributed by atoms with Crippen molar-refractivity contribution in [2.45, 2.75) is 39.5 Å². The number of hydrogen-bond acceptors (Lipinski definition) is 6. The van der Waals surface area contributed by atoms with Gasteiger partial charge in [-0.2, -0.15) is 0 Å². The van der Waals surface area contributed by atoms with Crippen LogP contribution in [-0.2, 0) is 9.53 Å². The fourth-order valence-corrected chi connectivity index (χ4v) is 3.65. The second-order valence-electron chi connectivity index (χ2n) is 7.80. The number of nitrogens with zero attached hydrogens (tertiary/aromatic N) is 2. The van der Waals surface area contributed by atoms with Crippen molar-refractivity contribution in [1.29, 1.82) is 0 Å². The van der Waals surface area contributed by atoms with E-state index in [9.17, 15) is 19.7 Å². The summed E-state index contributed by atoms with van der Waals surface area (Å²) < 4.78 is 5.09. The predicted molar refractivity (Wildman–Crippen MR) is 119 cm³/mol. The van der Waals surface area contributed by atoms with Crippen molar-refractivity contribution in [1.82, 2.24) is 0 Å². The van der Waals surface area contributed by atoms with E-state index in [1.807, 2.05) is 36.9 Å². The summed E-state index contributed by atoms with van der Waals surface area (Å²) in [6, 6.07) is 9.99. The standard InChI is InChI=1S/C23H27N3O5/c1-16-7-8-17(2)19(13-16)24-22(27)15-31-23(28)18-9-10-20(21(14-18)26(29)30)25-11-5-3-4-6-12-25/h7-10,13-14H,3-6,11-12,15H2,1-2H3,(H,24,27). The number of benzene rings is 2. The summed E-state index contributed by atoms with van der Waals surface area (Å²) in [5.74, 6) is -1.25. The number of hydrogen-bond donors (Lipinski definition) is 1. The van der Waals surface area contributed by atoms with E-state index < -0.39 is 23.4 Å². The number of amides is 1. The molecule has 0 bridgehead atoms. The largest absolute Gasteiger partial charge is 0.452 e. The first-order chi connectivity index (χ1) is 14.8. The first-order valence-corrected chi connectivity index (χ1v) is 10.4. The van der Waals surface area contributed by atoms with E-state index in [0.29, 0.717) is 11.4 Å². The van der Waals surface area contributed by atoms with Gasteiger partial charge < -0.3 is 15.0 Å². The van der Waals surface area contributed by atoms with E-state index in [2.05, 4.69) is 5.32 Å². The summed E-state index contributed by atoms with van der Waals surface area (Å²) in [6.07, 6.45) is 4.19. The Balaban J connectivity index is 1.67. The summed E-state index contributed by atoms with van der Waals surface area (Å²) >= 11 is 0. The highest BCUT2D eigenvalue weighted by Gasteiger charge is 2.23. The fourth-order valence-electron chi connectivity index (χ4n) is 3.65. The minimum absolute atomic E-state index is 0.0461. The van der Waals surface area contributed by atoms with Gasteiger partial charge in [-0.1, -0.05) is 25.0 Å². The molecule has 2 aromatic rings. The average molecular weight is 425 g/mol. The smallest absolute Gasteiger partial charge is 0.338 e. The molecular weight excluding hydrogens is 398 g/mol. The van der Waals surface area contributed by atoms with Crippen LogP contribution in [0.1, 0.15) is 47.2 Å². The van der Waals surface area contributed by atoms with Gasteiger partial charge in [-0.05, 0) is 56.0 Å². The Morgan fingerprint density at radius 1 is 1.06 bits per heavy atom. The second kappa shape index (κ2) is 10.1. The highest BCUT2D eigenvalue weighted by atomic mass is 16.6. The Morgan fingerprint density at radius 2 is 1.77 bits per heavy atom. The van der Waals surface area contributed by atoms with Crippen molar-refractivity contribution in [2.75, 3.05) is 29.9 Å². The zero-order valence-electron chi connectivity index (χ0n) is 17.8. The van der Waals surface area contributed by atoms with E-state index in [4.69, 9.17) is 4.74 Å². The van der Waals surface area contributed by atoms with Crippen LogP contribution < -0.4 is 10.2 Å². The van der Waals surface area contributed by atoms with Crippen LogP contribution in [0.2, 0.25) is 0 Å². The molecule has 1 aliphatic rings. The van der Waals surface area contributed by atoms with Crippen LogP contribution in [0.25, 0.3) is 0 Å². The van der Waals surface area contributed by atoms with Gasteiger partial charge >= 0.3 is 5.97 Å². The topological polar surface area (TPSA) is 102 Å². The Morgan fingerprint density at radius 3 is 2.45 bits per heavy atom. The van der Waals surface area contributed by atoms with E-state index in [1.54, 1.807) is 6.07 Å². The molecule has 8 heteroatoms. The highest BCUT2D eigenvalue weighted by molar-refractivity contribution is 5.96. The van der Waals surface area contributed by atoms with Gasteiger partial charge in [0.1, 0.15) is 5.69 Å². The maximum absolute atomic E-state index is 12.4. The zero-order valence-corrected chi connectivity index (χ0v) is 17.8. The number of esters is 1. The molecule has 0 atom stereocenters. The number of carbonyl (C=O) groups excluding carboxylic acids is 2. The first-order valence-electron chi connectivity index (χ1n) is 10.4. The van der Waals surface area contributed by atoms with Crippen LogP contribution >= 0.6 is 0 Å². The van der Waals surface area contributed by atoms with Crippen LogP contribution in [0.15, 0.2) is 36.4 Å². The molecule has 1 fully saturated rings. The molecule has 3 rings (SSSR count). The number of ether oxygens (including phenoxy) is 1. The Bertz CT molecular complexity index is 981. The summed E-state index contributed by atoms with van der Waals surface area (Å²) in [6.45, 7) is 4.81. The highest BCUT2D eigenvalue weighted by Crippen LogP contribution is 2.31. The lowest BCUT2D eigenvalue weighted by Gasteiger charge is -2.22. The van der Waals surface area contributed by atoms with E-state index in [1.165, 1.54) is 12.1 Å². The van der Waals surface area contributed by atoms with Crippen LogP contribution in [0, 0.1) is 24.0 Å². The van der Waals surface area contributed by atoms with Gasteiger partial charge in [-0.15, -0.1) is 0 Å². The van der Waals surface area contributed by atoms with Crippen LogP contribution in [0.4, 0.5) is 17.1 Å². The normalized spacial score (nSPS) is 13.9. The molecule has 31 heavy (non-hydrogen) atoms. The monoisotopic (exact) mass is 425 g/mol. The molecule has 1 saturated heterocycles. The second-order valence-corrected chi connectivity index (χ2v) is 7.80. The zero-order chi connectivity index (χ0) is 22.4. The van der Waals surface area contributed by atoms with Crippen molar-refractivity contribution in [3.63, 3.8) is 0 Å². The van der Waals surface area contributed by atoms with Gasteiger partial charge in [0, 0.05) is 24.8 Å². The molecule has 8 nitrogen and oxygen atoms in total. The molecule has 1 N–H and O–H groups in total. The third-order valence-corrected chi connectivity index (χ3v) is 5.36. The number of nitrogens with one attached hydrogen (secondary N) is 1. The van der Waals surface area contributed by atoms with Crippen LogP contribution in [-0.4, -0.2) is 36.5 Å². The summed E-state index contributed by atoms with van der Waals surface area (Å²) in [4.78, 5) is 37.7. The van der Waals surface area contributed by atoms with Gasteiger partial charge in [0.05, 0.1) is 10.5 Å². The summed E-state index contributed by atoms with van der Waals surface area (Å²) in [5, 5.41) is 14.3. The Labute approximate surface area is 181 Å². The lowest BCUT2D eigenvalue weighted by Crippen LogP contribution is -2.25. The number of anilines is 2. The number of aryl methyl sites for hydroxylation is 2. The van der Waals surface area contributed by atoms with Crippen molar-refractivity contribution >= 4 is 28.9 Å². The first kappa shape index (κ1) is 22.3. The van der Waals surface area contributed by atoms with Crippen molar-refractivity contribution in [3.05, 3.63) is 63.2 Å². The average Bonchev–Trinajstić information content (AvgIpc) is 3.03. The predicted octanol–water partition coefficient (Wildman–Crippen LogP) is 4.39. The third kappa shape index (κ3) is 5.81. The van der Waals surface area contributed by atoms with Gasteiger partial charge in [-0.3, -0.25) is 14.9 Å². The van der Waals surface area contributed by atoms with Crippen molar-refractivity contribution < 1.29 is 19.2 Å².